The van der Waals surface area contributed by atoms with Crippen molar-refractivity contribution in [2.45, 2.75) is 13.0 Å². The van der Waals surface area contributed by atoms with Crippen molar-refractivity contribution in [2.24, 2.45) is 0 Å². The third-order valence-corrected chi connectivity index (χ3v) is 3.05. The van der Waals surface area contributed by atoms with E-state index in [1.165, 1.54) is 0 Å². The van der Waals surface area contributed by atoms with Crippen molar-refractivity contribution in [2.75, 3.05) is 44.4 Å². The Morgan fingerprint density at radius 1 is 1.42 bits per heavy atom. The molecule has 104 valence electrons. The van der Waals surface area contributed by atoms with Gasteiger partial charge in [0.25, 0.3) is 0 Å². The van der Waals surface area contributed by atoms with Gasteiger partial charge in [0.15, 0.2) is 5.82 Å². The summed E-state index contributed by atoms with van der Waals surface area (Å²) < 4.78 is 5.01. The lowest BCUT2D eigenvalue weighted by molar-refractivity contribution is -0.127. The molecule has 1 aliphatic heterocycles. The second-order valence-corrected chi connectivity index (χ2v) is 4.59. The lowest BCUT2D eigenvalue weighted by atomic mass is 10.3. The number of nitrogens with two attached hydrogens (primary N) is 1. The molecule has 1 fully saturated rings. The maximum Gasteiger partial charge on any atom is 0.241 e. The largest absolute Gasteiger partial charge is 0.384 e. The number of nitrogen functional groups attached to an aromatic ring is 1. The summed E-state index contributed by atoms with van der Waals surface area (Å²) in [6.07, 6.45) is 0.908. The Balaban J connectivity index is 2.22. The van der Waals surface area contributed by atoms with Crippen LogP contribution in [0.2, 0.25) is 0 Å². The van der Waals surface area contributed by atoms with Crippen molar-refractivity contribution in [1.82, 2.24) is 14.9 Å². The molecule has 1 aliphatic rings. The molecule has 0 radical (unpaired) electrons. The molecule has 0 spiro atoms. The Morgan fingerprint density at radius 3 is 2.95 bits per heavy atom. The molecule has 0 unspecified atom stereocenters. The molecular weight excluding hydrogens is 246 g/mol. The van der Waals surface area contributed by atoms with E-state index in [1.807, 2.05) is 11.9 Å². The van der Waals surface area contributed by atoms with Gasteiger partial charge >= 0.3 is 0 Å². The quantitative estimate of drug-likeness (QED) is 0.819. The zero-order valence-electron chi connectivity index (χ0n) is 11.3. The molecule has 1 saturated heterocycles. The van der Waals surface area contributed by atoms with Crippen molar-refractivity contribution >= 4 is 17.5 Å². The number of hydrogen-bond acceptors (Lipinski definition) is 6. The Morgan fingerprint density at radius 2 is 2.21 bits per heavy atom. The maximum absolute atomic E-state index is 11.9. The van der Waals surface area contributed by atoms with Crippen LogP contribution in [0, 0.1) is 0 Å². The van der Waals surface area contributed by atoms with Crippen LogP contribution in [0.25, 0.3) is 0 Å². The Bertz CT molecular complexity index is 465. The molecule has 0 aromatic carbocycles. The molecule has 1 aromatic rings. The second-order valence-electron chi connectivity index (χ2n) is 4.59. The average Bonchev–Trinajstić information content (AvgIpc) is 2.52. The van der Waals surface area contributed by atoms with Crippen molar-refractivity contribution in [1.29, 1.82) is 0 Å². The smallest absolute Gasteiger partial charge is 0.241 e. The minimum Gasteiger partial charge on any atom is -0.384 e. The van der Waals surface area contributed by atoms with Crippen LogP contribution < -0.4 is 10.6 Å². The molecule has 0 aliphatic carbocycles. The molecule has 1 amide bonds. The van der Waals surface area contributed by atoms with Crippen LogP contribution in [0.1, 0.15) is 12.2 Å². The minimum absolute atomic E-state index is 0.0861. The summed E-state index contributed by atoms with van der Waals surface area (Å²) in [7, 11) is 3.40. The summed E-state index contributed by atoms with van der Waals surface area (Å²) in [5.74, 6) is 1.69. The number of ether oxygens (including phenoxy) is 1. The molecule has 2 rings (SSSR count). The summed E-state index contributed by atoms with van der Waals surface area (Å²) >= 11 is 0. The molecule has 7 nitrogen and oxygen atoms in total. The monoisotopic (exact) mass is 265 g/mol. The molecule has 1 aromatic heterocycles. The fourth-order valence-electron chi connectivity index (χ4n) is 2.04. The number of amides is 1. The maximum atomic E-state index is 11.9. The first-order chi connectivity index (χ1) is 9.10. The van der Waals surface area contributed by atoms with Crippen LogP contribution in [0.4, 0.5) is 11.6 Å². The van der Waals surface area contributed by atoms with Gasteiger partial charge in [-0.2, -0.15) is 0 Å². The number of hydrogen-bond donors (Lipinski definition) is 1. The highest BCUT2D eigenvalue weighted by molar-refractivity contribution is 5.81. The van der Waals surface area contributed by atoms with Crippen LogP contribution in [-0.4, -0.2) is 54.6 Å². The van der Waals surface area contributed by atoms with Gasteiger partial charge in [0.05, 0.1) is 6.54 Å². The van der Waals surface area contributed by atoms with Crippen LogP contribution >= 0.6 is 0 Å². The van der Waals surface area contributed by atoms with E-state index in [1.54, 1.807) is 18.1 Å². The Kier molecular flexibility index (Phi) is 4.16. The Hall–Kier alpha value is -1.89. The number of anilines is 2. The normalized spacial score (nSPS) is 16.6. The van der Waals surface area contributed by atoms with E-state index in [2.05, 4.69) is 9.97 Å². The summed E-state index contributed by atoms with van der Waals surface area (Å²) in [4.78, 5) is 24.0. The molecule has 7 heteroatoms. The molecule has 0 saturated carbocycles. The molecule has 0 atom stereocenters. The summed E-state index contributed by atoms with van der Waals surface area (Å²) in [5.41, 5.74) is 5.77. The van der Waals surface area contributed by atoms with E-state index in [-0.39, 0.29) is 5.91 Å². The van der Waals surface area contributed by atoms with E-state index >= 15 is 0 Å². The van der Waals surface area contributed by atoms with Gasteiger partial charge in [0, 0.05) is 33.3 Å². The third kappa shape index (κ3) is 3.31. The van der Waals surface area contributed by atoms with Crippen molar-refractivity contribution in [3.8, 4) is 0 Å². The van der Waals surface area contributed by atoms with E-state index in [4.69, 9.17) is 10.5 Å². The molecular formula is C12H19N5O2. The van der Waals surface area contributed by atoms with Gasteiger partial charge in [-0.3, -0.25) is 4.79 Å². The van der Waals surface area contributed by atoms with Gasteiger partial charge < -0.3 is 20.3 Å². The van der Waals surface area contributed by atoms with E-state index in [0.717, 1.165) is 19.5 Å². The highest BCUT2D eigenvalue weighted by Crippen LogP contribution is 2.16. The van der Waals surface area contributed by atoms with Gasteiger partial charge in [-0.05, 0) is 6.42 Å². The van der Waals surface area contributed by atoms with E-state index in [9.17, 15) is 4.79 Å². The fourth-order valence-corrected chi connectivity index (χ4v) is 2.04. The first-order valence-corrected chi connectivity index (χ1v) is 6.21. The predicted molar refractivity (Wildman–Crippen MR) is 71.6 cm³/mol. The van der Waals surface area contributed by atoms with Crippen molar-refractivity contribution in [3.63, 3.8) is 0 Å². The molecule has 2 N–H and O–H groups in total. The topological polar surface area (TPSA) is 84.6 Å². The third-order valence-electron chi connectivity index (χ3n) is 3.05. The molecule has 0 bridgehead atoms. The molecule has 19 heavy (non-hydrogen) atoms. The number of likely N-dealkylation sites (N-methyl/N-ethyl adjacent to an activating group) is 1. The van der Waals surface area contributed by atoms with Gasteiger partial charge in [0.1, 0.15) is 18.2 Å². The van der Waals surface area contributed by atoms with Crippen LogP contribution in [0.5, 0.6) is 0 Å². The highest BCUT2D eigenvalue weighted by atomic mass is 16.5. The average molecular weight is 265 g/mol. The summed E-state index contributed by atoms with van der Waals surface area (Å²) in [5, 5.41) is 0. The Labute approximate surface area is 112 Å². The standard InChI is InChI=1S/C12H19N5O2/c1-16-4-3-5-17(7-12(16)18)11-6-9(13)14-10(15-11)8-19-2/h6H,3-5,7-8H2,1-2H3,(H2,13,14,15). The fraction of sp³-hybridized carbons (Fsp3) is 0.583. The van der Waals surface area contributed by atoms with Crippen LogP contribution in [0.15, 0.2) is 6.07 Å². The summed E-state index contributed by atoms with van der Waals surface area (Å²) in [6, 6.07) is 1.69. The van der Waals surface area contributed by atoms with E-state index in [0.29, 0.717) is 30.6 Å². The first kappa shape index (κ1) is 13.5. The van der Waals surface area contributed by atoms with Crippen LogP contribution in [0.3, 0.4) is 0 Å². The predicted octanol–water partition coefficient (Wildman–Crippen LogP) is -0.126. The minimum atomic E-state index is 0.0861. The van der Waals surface area contributed by atoms with Gasteiger partial charge in [-0.25, -0.2) is 9.97 Å². The van der Waals surface area contributed by atoms with Gasteiger partial charge in [0.2, 0.25) is 5.91 Å². The number of carbonyl (C=O) groups excluding carboxylic acids is 1. The zero-order valence-corrected chi connectivity index (χ0v) is 11.3. The number of aromatic nitrogens is 2. The van der Waals surface area contributed by atoms with Gasteiger partial charge in [-0.15, -0.1) is 0 Å². The van der Waals surface area contributed by atoms with Crippen LogP contribution in [-0.2, 0) is 16.1 Å². The SMILES string of the molecule is COCc1nc(N)cc(N2CCCN(C)C(=O)C2)n1. The zero-order chi connectivity index (χ0) is 13.8. The highest BCUT2D eigenvalue weighted by Gasteiger charge is 2.20. The van der Waals surface area contributed by atoms with Gasteiger partial charge in [-0.1, -0.05) is 0 Å². The lowest BCUT2D eigenvalue weighted by Crippen LogP contribution is -2.35. The number of nitrogens with zero attached hydrogens (tertiary/aromatic N) is 4. The number of methoxy groups -OCH3 is 1. The number of carbonyl (C=O) groups is 1. The van der Waals surface area contributed by atoms with Crippen molar-refractivity contribution < 1.29 is 9.53 Å². The summed E-state index contributed by atoms with van der Waals surface area (Å²) in [6.45, 7) is 2.17. The van der Waals surface area contributed by atoms with E-state index < -0.39 is 0 Å². The number of rotatable bonds is 3. The first-order valence-electron chi connectivity index (χ1n) is 6.21. The lowest BCUT2D eigenvalue weighted by Gasteiger charge is -2.21. The van der Waals surface area contributed by atoms with Crippen molar-refractivity contribution in [3.05, 3.63) is 11.9 Å². The molecule has 2 heterocycles. The second kappa shape index (κ2) is 5.83.